The average molecular weight is 424 g/mol. The molecule has 7 heteroatoms. The second-order valence-corrected chi connectivity index (χ2v) is 9.79. The van der Waals surface area contributed by atoms with E-state index in [-0.39, 0.29) is 10.8 Å². The van der Waals surface area contributed by atoms with Gasteiger partial charge in [-0.2, -0.15) is 9.57 Å². The second-order valence-electron chi connectivity index (χ2n) is 7.85. The van der Waals surface area contributed by atoms with Crippen LogP contribution >= 0.6 is 0 Å². The van der Waals surface area contributed by atoms with Gasteiger partial charge < -0.3 is 5.32 Å². The summed E-state index contributed by atoms with van der Waals surface area (Å²) in [4.78, 5) is 12.4. The lowest BCUT2D eigenvalue weighted by atomic mass is 9.94. The Morgan fingerprint density at radius 2 is 1.67 bits per heavy atom. The first-order valence-electron chi connectivity index (χ1n) is 9.87. The van der Waals surface area contributed by atoms with Crippen LogP contribution in [0.1, 0.15) is 31.4 Å². The Balaban J connectivity index is 1.64. The van der Waals surface area contributed by atoms with Gasteiger partial charge in [0.15, 0.2) is 0 Å². The second kappa shape index (κ2) is 9.24. The van der Waals surface area contributed by atoms with E-state index in [1.165, 1.54) is 18.2 Å². The van der Waals surface area contributed by atoms with Crippen LogP contribution in [0.15, 0.2) is 59.5 Å². The van der Waals surface area contributed by atoms with Crippen LogP contribution in [0, 0.1) is 23.2 Å². The third-order valence-corrected chi connectivity index (χ3v) is 6.91. The van der Waals surface area contributed by atoms with Crippen LogP contribution in [-0.4, -0.2) is 31.7 Å². The summed E-state index contributed by atoms with van der Waals surface area (Å²) in [7, 11) is -3.54. The summed E-state index contributed by atoms with van der Waals surface area (Å²) in [6, 6.07) is 15.2. The number of nitrogens with one attached hydrogen (secondary N) is 1. The maximum Gasteiger partial charge on any atom is 0.248 e. The maximum atomic E-state index is 12.9. The van der Waals surface area contributed by atoms with Crippen molar-refractivity contribution in [3.05, 3.63) is 65.7 Å². The van der Waals surface area contributed by atoms with Gasteiger partial charge >= 0.3 is 0 Å². The molecular formula is C23H25N3O3S. The topological polar surface area (TPSA) is 90.3 Å². The largest absolute Gasteiger partial charge is 0.323 e. The van der Waals surface area contributed by atoms with Gasteiger partial charge in [0.05, 0.1) is 16.5 Å². The van der Waals surface area contributed by atoms with E-state index in [1.807, 2.05) is 6.07 Å². The number of carbonyl (C=O) groups excluding carboxylic acids is 1. The maximum absolute atomic E-state index is 12.9. The summed E-state index contributed by atoms with van der Waals surface area (Å²) in [6.07, 6.45) is 4.07. The standard InChI is InChI=1S/C23H25N3O3S/c1-17-13-18(2)16-26(15-17)30(28,29)22-10-8-21(9-11-22)25-23(27)12-7-19-3-5-20(14-24)6-4-19/h3-12,17-18H,13,15-16H2,1-2H3,(H,25,27)/b12-7+/t17-,18+. The van der Waals surface area contributed by atoms with Crippen molar-refractivity contribution in [3.63, 3.8) is 0 Å². The first kappa shape index (κ1) is 21.8. The molecular weight excluding hydrogens is 398 g/mol. The van der Waals surface area contributed by atoms with Crippen molar-refractivity contribution >= 4 is 27.7 Å². The molecule has 1 fully saturated rings. The van der Waals surface area contributed by atoms with Gasteiger partial charge in [-0.1, -0.05) is 26.0 Å². The molecule has 156 valence electrons. The van der Waals surface area contributed by atoms with Gasteiger partial charge in [0, 0.05) is 24.9 Å². The van der Waals surface area contributed by atoms with E-state index >= 15 is 0 Å². The van der Waals surface area contributed by atoms with Gasteiger partial charge in [0.25, 0.3) is 0 Å². The van der Waals surface area contributed by atoms with Crippen molar-refractivity contribution < 1.29 is 13.2 Å². The molecule has 0 unspecified atom stereocenters. The Kier molecular flexibility index (Phi) is 6.70. The highest BCUT2D eigenvalue weighted by Gasteiger charge is 2.31. The SMILES string of the molecule is C[C@@H]1C[C@H](C)CN(S(=O)(=O)c2ccc(NC(=O)/C=C/c3ccc(C#N)cc3)cc2)C1. The Morgan fingerprint density at radius 3 is 2.23 bits per heavy atom. The first-order valence-corrected chi connectivity index (χ1v) is 11.3. The number of piperidine rings is 1. The molecule has 2 atom stereocenters. The minimum Gasteiger partial charge on any atom is -0.323 e. The molecule has 1 N–H and O–H groups in total. The number of rotatable bonds is 5. The van der Waals surface area contributed by atoms with E-state index in [2.05, 4.69) is 19.2 Å². The molecule has 1 amide bonds. The molecule has 30 heavy (non-hydrogen) atoms. The highest BCUT2D eigenvalue weighted by Crippen LogP contribution is 2.27. The fraction of sp³-hybridized carbons (Fsp3) is 0.304. The zero-order valence-corrected chi connectivity index (χ0v) is 17.9. The predicted octanol–water partition coefficient (Wildman–Crippen LogP) is 3.88. The van der Waals surface area contributed by atoms with Crippen molar-refractivity contribution in [1.82, 2.24) is 4.31 Å². The number of carbonyl (C=O) groups is 1. The number of amides is 1. The van der Waals surface area contributed by atoms with E-state index in [1.54, 1.807) is 46.8 Å². The molecule has 2 aromatic carbocycles. The molecule has 6 nitrogen and oxygen atoms in total. The van der Waals surface area contributed by atoms with Crippen molar-refractivity contribution in [1.29, 1.82) is 5.26 Å². The van der Waals surface area contributed by atoms with E-state index in [9.17, 15) is 13.2 Å². The molecule has 1 aliphatic rings. The van der Waals surface area contributed by atoms with Gasteiger partial charge in [-0.3, -0.25) is 4.79 Å². The molecule has 0 aliphatic carbocycles. The number of hydrogen-bond acceptors (Lipinski definition) is 4. The van der Waals surface area contributed by atoms with Crippen molar-refractivity contribution in [3.8, 4) is 6.07 Å². The monoisotopic (exact) mass is 423 g/mol. The summed E-state index contributed by atoms with van der Waals surface area (Å²) < 4.78 is 27.4. The zero-order valence-electron chi connectivity index (χ0n) is 17.1. The zero-order chi connectivity index (χ0) is 21.7. The van der Waals surface area contributed by atoms with Crippen LogP contribution in [0.4, 0.5) is 5.69 Å². The summed E-state index contributed by atoms with van der Waals surface area (Å²) >= 11 is 0. The van der Waals surface area contributed by atoms with Crippen molar-refractivity contribution in [2.24, 2.45) is 11.8 Å². The van der Waals surface area contributed by atoms with Gasteiger partial charge in [0.2, 0.25) is 15.9 Å². The summed E-state index contributed by atoms with van der Waals surface area (Å²) in [5.74, 6) is 0.351. The van der Waals surface area contributed by atoms with Crippen LogP contribution in [0.3, 0.4) is 0 Å². The molecule has 1 saturated heterocycles. The van der Waals surface area contributed by atoms with Gasteiger partial charge in [0.1, 0.15) is 0 Å². The van der Waals surface area contributed by atoms with E-state index in [0.29, 0.717) is 36.2 Å². The number of sulfonamides is 1. The van der Waals surface area contributed by atoms with Crippen LogP contribution in [0.5, 0.6) is 0 Å². The molecule has 0 spiro atoms. The molecule has 3 rings (SSSR count). The smallest absolute Gasteiger partial charge is 0.248 e. The van der Waals surface area contributed by atoms with Crippen LogP contribution in [-0.2, 0) is 14.8 Å². The predicted molar refractivity (Wildman–Crippen MR) is 117 cm³/mol. The van der Waals surface area contributed by atoms with Crippen molar-refractivity contribution in [2.75, 3.05) is 18.4 Å². The van der Waals surface area contributed by atoms with Gasteiger partial charge in [-0.05, 0) is 66.3 Å². The van der Waals surface area contributed by atoms with E-state index < -0.39 is 10.0 Å². The summed E-state index contributed by atoms with van der Waals surface area (Å²) in [5, 5.41) is 11.5. The molecule has 0 radical (unpaired) electrons. The fourth-order valence-corrected chi connectivity index (χ4v) is 5.37. The normalized spacial score (nSPS) is 20.0. The molecule has 0 bridgehead atoms. The fourth-order valence-electron chi connectivity index (χ4n) is 3.69. The molecule has 1 aliphatic heterocycles. The van der Waals surface area contributed by atoms with Crippen LogP contribution in [0.25, 0.3) is 6.08 Å². The minimum absolute atomic E-state index is 0.231. The Labute approximate surface area is 177 Å². The Hall–Kier alpha value is -2.95. The lowest BCUT2D eigenvalue weighted by Crippen LogP contribution is -2.42. The third-order valence-electron chi connectivity index (χ3n) is 5.06. The number of nitriles is 1. The number of benzene rings is 2. The summed E-state index contributed by atoms with van der Waals surface area (Å²) in [5.41, 5.74) is 1.87. The number of hydrogen-bond donors (Lipinski definition) is 1. The third kappa shape index (κ3) is 5.35. The quantitative estimate of drug-likeness (QED) is 0.739. The Bertz CT molecular complexity index is 1060. The Morgan fingerprint density at radius 1 is 1.07 bits per heavy atom. The molecule has 1 heterocycles. The van der Waals surface area contributed by atoms with Gasteiger partial charge in [-0.25, -0.2) is 8.42 Å². The molecule has 2 aromatic rings. The highest BCUT2D eigenvalue weighted by atomic mass is 32.2. The lowest BCUT2D eigenvalue weighted by Gasteiger charge is -2.34. The minimum atomic E-state index is -3.54. The highest BCUT2D eigenvalue weighted by molar-refractivity contribution is 7.89. The van der Waals surface area contributed by atoms with Crippen molar-refractivity contribution in [2.45, 2.75) is 25.2 Å². The molecule has 0 aromatic heterocycles. The lowest BCUT2D eigenvalue weighted by molar-refractivity contribution is -0.111. The molecule has 0 saturated carbocycles. The van der Waals surface area contributed by atoms with E-state index in [0.717, 1.165) is 12.0 Å². The average Bonchev–Trinajstić information content (AvgIpc) is 2.72. The summed E-state index contributed by atoms with van der Waals surface area (Å²) in [6.45, 7) is 5.21. The van der Waals surface area contributed by atoms with Gasteiger partial charge in [-0.15, -0.1) is 0 Å². The van der Waals surface area contributed by atoms with Crippen LogP contribution in [0.2, 0.25) is 0 Å². The number of nitrogens with zero attached hydrogens (tertiary/aromatic N) is 2. The number of anilines is 1. The van der Waals surface area contributed by atoms with Crippen LogP contribution < -0.4 is 5.32 Å². The van der Waals surface area contributed by atoms with E-state index in [4.69, 9.17) is 5.26 Å². The first-order chi connectivity index (χ1) is 14.3.